The largest absolute Gasteiger partial charge is 0.349 e. The Balaban J connectivity index is 1.71. The van der Waals surface area contributed by atoms with Gasteiger partial charge in [0, 0.05) is 6.54 Å². The lowest BCUT2D eigenvalue weighted by molar-refractivity contribution is 0.537. The van der Waals surface area contributed by atoms with Crippen molar-refractivity contribution in [1.29, 1.82) is 0 Å². The zero-order valence-corrected chi connectivity index (χ0v) is 18.6. The maximum Gasteiger partial charge on any atom is 0.349 e. The Bertz CT molecular complexity index is 1070. The highest BCUT2D eigenvalue weighted by Crippen LogP contribution is 2.24. The first-order valence-electron chi connectivity index (χ1n) is 11.4. The van der Waals surface area contributed by atoms with E-state index in [1.807, 2.05) is 17.6 Å². The van der Waals surface area contributed by atoms with Gasteiger partial charge in [0.2, 0.25) is 0 Å². The van der Waals surface area contributed by atoms with Crippen LogP contribution in [0.4, 0.5) is 0 Å². The van der Waals surface area contributed by atoms with Crippen molar-refractivity contribution in [2.45, 2.75) is 91.5 Å². The van der Waals surface area contributed by atoms with Crippen LogP contribution < -0.4 is 11.2 Å². The molecule has 0 radical (unpaired) electrons. The van der Waals surface area contributed by atoms with Crippen LogP contribution in [0.2, 0.25) is 0 Å². The number of fused-ring (bicyclic) bond motifs is 2. The standard InChI is InChI=1S/C24H34N4O2/c1-4-5-6-7-8-9-10-11-12-13-14-28-20-16-18(3)17(2)15-19(20)25-21-22(28)26-24(30)27-23(21)29/h15-16H,4-14H2,1-3H3,(H,27,29,30). The van der Waals surface area contributed by atoms with Crippen LogP contribution in [0.3, 0.4) is 0 Å². The maximum atomic E-state index is 12.3. The van der Waals surface area contributed by atoms with Gasteiger partial charge in [-0.15, -0.1) is 0 Å². The third-order valence-corrected chi connectivity index (χ3v) is 5.96. The SMILES string of the molecule is CCCCCCCCCCCCn1c2nc(=O)[nH]c(=O)c-2nc2cc(C)c(C)cc21. The number of aromatic nitrogens is 4. The number of rotatable bonds is 11. The van der Waals surface area contributed by atoms with Gasteiger partial charge in [-0.2, -0.15) is 4.98 Å². The molecule has 30 heavy (non-hydrogen) atoms. The molecule has 0 bridgehead atoms. The Morgan fingerprint density at radius 3 is 2.10 bits per heavy atom. The summed E-state index contributed by atoms with van der Waals surface area (Å²) in [6, 6.07) is 4.09. The molecule has 6 nitrogen and oxygen atoms in total. The molecule has 2 aliphatic rings. The summed E-state index contributed by atoms with van der Waals surface area (Å²) in [6.45, 7) is 7.08. The molecule has 0 saturated heterocycles. The molecule has 2 heterocycles. The third kappa shape index (κ3) is 5.35. The van der Waals surface area contributed by atoms with Crippen molar-refractivity contribution in [1.82, 2.24) is 19.5 Å². The number of hydrogen-bond acceptors (Lipinski definition) is 4. The maximum absolute atomic E-state index is 12.3. The van der Waals surface area contributed by atoms with E-state index >= 15 is 0 Å². The van der Waals surface area contributed by atoms with Crippen LogP contribution in [0.5, 0.6) is 0 Å². The lowest BCUT2D eigenvalue weighted by atomic mass is 10.1. The zero-order chi connectivity index (χ0) is 21.5. The Morgan fingerprint density at radius 1 is 0.833 bits per heavy atom. The fraction of sp³-hybridized carbons (Fsp3) is 0.583. The van der Waals surface area contributed by atoms with Gasteiger partial charge in [-0.25, -0.2) is 9.78 Å². The second-order valence-corrected chi connectivity index (χ2v) is 8.41. The van der Waals surface area contributed by atoms with Gasteiger partial charge in [-0.3, -0.25) is 9.78 Å². The highest BCUT2D eigenvalue weighted by Gasteiger charge is 2.18. The summed E-state index contributed by atoms with van der Waals surface area (Å²) < 4.78 is 2.01. The highest BCUT2D eigenvalue weighted by atomic mass is 16.2. The fourth-order valence-corrected chi connectivity index (χ4v) is 4.03. The first-order valence-corrected chi connectivity index (χ1v) is 11.4. The van der Waals surface area contributed by atoms with E-state index in [1.54, 1.807) is 0 Å². The van der Waals surface area contributed by atoms with Crippen molar-refractivity contribution in [2.75, 3.05) is 0 Å². The van der Waals surface area contributed by atoms with Crippen LogP contribution in [-0.2, 0) is 6.54 Å². The van der Waals surface area contributed by atoms with Gasteiger partial charge < -0.3 is 4.57 Å². The minimum atomic E-state index is -0.616. The molecule has 0 saturated carbocycles. The minimum absolute atomic E-state index is 0.234. The van der Waals surface area contributed by atoms with Crippen LogP contribution in [0.1, 0.15) is 82.3 Å². The van der Waals surface area contributed by atoms with Crippen molar-refractivity contribution < 1.29 is 0 Å². The van der Waals surface area contributed by atoms with E-state index in [0.29, 0.717) is 5.82 Å². The Hall–Kier alpha value is -2.50. The molecule has 0 amide bonds. The fourth-order valence-electron chi connectivity index (χ4n) is 4.03. The molecule has 1 N–H and O–H groups in total. The van der Waals surface area contributed by atoms with Crippen LogP contribution in [0.15, 0.2) is 21.7 Å². The average Bonchev–Trinajstić information content (AvgIpc) is 2.70. The van der Waals surface area contributed by atoms with Gasteiger partial charge in [-0.1, -0.05) is 64.7 Å². The Kier molecular flexibility index (Phi) is 7.77. The summed E-state index contributed by atoms with van der Waals surface area (Å²) >= 11 is 0. The molecule has 0 atom stereocenters. The monoisotopic (exact) mass is 410 g/mol. The molecular weight excluding hydrogens is 376 g/mol. The van der Waals surface area contributed by atoms with Gasteiger partial charge in [0.1, 0.15) is 0 Å². The average molecular weight is 411 g/mol. The second-order valence-electron chi connectivity index (χ2n) is 8.41. The highest BCUT2D eigenvalue weighted by molar-refractivity contribution is 5.81. The molecule has 162 valence electrons. The second kappa shape index (κ2) is 10.5. The van der Waals surface area contributed by atoms with Crippen LogP contribution >= 0.6 is 0 Å². The predicted octanol–water partition coefficient (Wildman–Crippen LogP) is 5.12. The molecule has 2 aliphatic heterocycles. The molecule has 1 aromatic rings. The van der Waals surface area contributed by atoms with Crippen LogP contribution in [0.25, 0.3) is 22.6 Å². The third-order valence-electron chi connectivity index (χ3n) is 5.96. The number of hydrogen-bond donors (Lipinski definition) is 1. The molecule has 0 spiro atoms. The summed E-state index contributed by atoms with van der Waals surface area (Å²) in [5.74, 6) is 0.385. The van der Waals surface area contributed by atoms with Crippen molar-refractivity contribution in [2.24, 2.45) is 0 Å². The van der Waals surface area contributed by atoms with E-state index < -0.39 is 11.2 Å². The van der Waals surface area contributed by atoms with Crippen molar-refractivity contribution in [3.05, 3.63) is 44.1 Å². The number of aryl methyl sites for hydroxylation is 3. The summed E-state index contributed by atoms with van der Waals surface area (Å²) in [7, 11) is 0. The van der Waals surface area contributed by atoms with Gasteiger partial charge >= 0.3 is 5.69 Å². The molecule has 0 aliphatic carbocycles. The number of H-pyrrole nitrogens is 1. The molecule has 0 fully saturated rings. The number of unbranched alkanes of at least 4 members (excludes halogenated alkanes) is 9. The van der Waals surface area contributed by atoms with Crippen molar-refractivity contribution >= 4 is 11.0 Å². The molecule has 0 aromatic heterocycles. The number of aromatic amines is 1. The first-order chi connectivity index (χ1) is 14.5. The molecule has 3 rings (SSSR count). The van der Waals surface area contributed by atoms with Gasteiger partial charge in [0.25, 0.3) is 5.56 Å². The first kappa shape index (κ1) is 22.2. The van der Waals surface area contributed by atoms with Crippen molar-refractivity contribution in [3.63, 3.8) is 0 Å². The Morgan fingerprint density at radius 2 is 1.43 bits per heavy atom. The Labute approximate surface area is 178 Å². The van der Waals surface area contributed by atoms with E-state index in [1.165, 1.54) is 51.4 Å². The zero-order valence-electron chi connectivity index (χ0n) is 18.6. The van der Waals surface area contributed by atoms with Crippen LogP contribution in [0, 0.1) is 13.8 Å². The summed E-state index contributed by atoms with van der Waals surface area (Å²) in [5, 5.41) is 0. The smallest absolute Gasteiger partial charge is 0.322 e. The van der Waals surface area contributed by atoms with Crippen LogP contribution in [-0.4, -0.2) is 19.5 Å². The van der Waals surface area contributed by atoms with E-state index in [9.17, 15) is 9.59 Å². The number of benzene rings is 1. The molecule has 0 unspecified atom stereocenters. The minimum Gasteiger partial charge on any atom is -0.322 e. The lowest BCUT2D eigenvalue weighted by Crippen LogP contribution is -2.29. The normalized spacial score (nSPS) is 11.6. The van der Waals surface area contributed by atoms with E-state index in [2.05, 4.69) is 34.9 Å². The molecular formula is C24H34N4O2. The number of nitrogens with zero attached hydrogens (tertiary/aromatic N) is 3. The van der Waals surface area contributed by atoms with Crippen molar-refractivity contribution in [3.8, 4) is 11.5 Å². The summed E-state index contributed by atoms with van der Waals surface area (Å²) in [6.07, 6.45) is 12.6. The number of nitrogens with one attached hydrogen (secondary N) is 1. The van der Waals surface area contributed by atoms with E-state index in [0.717, 1.165) is 41.5 Å². The van der Waals surface area contributed by atoms with Gasteiger partial charge in [0.15, 0.2) is 11.5 Å². The summed E-state index contributed by atoms with van der Waals surface area (Å²) in [4.78, 5) is 35.0. The lowest BCUT2D eigenvalue weighted by Gasteiger charge is -2.17. The van der Waals surface area contributed by atoms with E-state index in [4.69, 9.17) is 0 Å². The summed E-state index contributed by atoms with van der Waals surface area (Å²) in [5.41, 5.74) is 3.13. The van der Waals surface area contributed by atoms with E-state index in [-0.39, 0.29) is 5.69 Å². The molecule has 1 aromatic carbocycles. The quantitative estimate of drug-likeness (QED) is 0.351. The molecule has 6 heteroatoms. The van der Waals surface area contributed by atoms with Gasteiger partial charge in [0.05, 0.1) is 11.0 Å². The topological polar surface area (TPSA) is 80.6 Å². The van der Waals surface area contributed by atoms with Gasteiger partial charge in [-0.05, 0) is 43.5 Å². The predicted molar refractivity (Wildman–Crippen MR) is 122 cm³/mol.